The molecule has 1 aromatic carbocycles. The van der Waals surface area contributed by atoms with Gasteiger partial charge in [-0.05, 0) is 45.2 Å². The summed E-state index contributed by atoms with van der Waals surface area (Å²) in [4.78, 5) is 14.2. The Morgan fingerprint density at radius 3 is 2.57 bits per heavy atom. The Labute approximate surface area is 139 Å². The van der Waals surface area contributed by atoms with Crippen LogP contribution < -0.4 is 10.6 Å². The molecule has 1 atom stereocenters. The van der Waals surface area contributed by atoms with Crippen molar-refractivity contribution in [3.05, 3.63) is 35.9 Å². The van der Waals surface area contributed by atoms with E-state index < -0.39 is 0 Å². The Morgan fingerprint density at radius 1 is 1.26 bits per heavy atom. The highest BCUT2D eigenvalue weighted by Gasteiger charge is 2.21. The molecule has 1 saturated carbocycles. The first-order chi connectivity index (χ1) is 11.0. The lowest BCUT2D eigenvalue weighted by molar-refractivity contribution is 0.117. The van der Waals surface area contributed by atoms with E-state index in [1.54, 1.807) is 0 Å². The summed E-state index contributed by atoms with van der Waals surface area (Å²) in [5.74, 6) is 0. The van der Waals surface area contributed by atoms with E-state index in [0.29, 0.717) is 0 Å². The minimum absolute atomic E-state index is 0.0814. The summed E-state index contributed by atoms with van der Waals surface area (Å²) in [5.41, 5.74) is 1.27. The highest BCUT2D eigenvalue weighted by molar-refractivity contribution is 5.74. The summed E-state index contributed by atoms with van der Waals surface area (Å²) in [6.07, 6.45) is 3.08. The van der Waals surface area contributed by atoms with Crippen LogP contribution in [0.1, 0.15) is 38.2 Å². The van der Waals surface area contributed by atoms with Crippen molar-refractivity contribution < 1.29 is 9.90 Å². The van der Waals surface area contributed by atoms with E-state index in [9.17, 15) is 9.90 Å². The number of amides is 2. The number of carbonyl (C=O) groups is 1. The molecule has 23 heavy (non-hydrogen) atoms. The van der Waals surface area contributed by atoms with Gasteiger partial charge in [-0.3, -0.25) is 0 Å². The van der Waals surface area contributed by atoms with Crippen molar-refractivity contribution in [3.63, 3.8) is 0 Å². The maximum atomic E-state index is 12.0. The molecular weight excluding hydrogens is 290 g/mol. The second-order valence-corrected chi connectivity index (χ2v) is 6.71. The van der Waals surface area contributed by atoms with Crippen LogP contribution in [-0.4, -0.2) is 47.8 Å². The second kappa shape index (κ2) is 8.89. The van der Waals surface area contributed by atoms with Gasteiger partial charge in [0.2, 0.25) is 0 Å². The molecule has 3 N–H and O–H groups in total. The average Bonchev–Trinajstić information content (AvgIpc) is 2.50. The molecule has 5 heteroatoms. The molecule has 0 saturated heterocycles. The van der Waals surface area contributed by atoms with Gasteiger partial charge in [-0.15, -0.1) is 0 Å². The van der Waals surface area contributed by atoms with E-state index in [1.165, 1.54) is 5.56 Å². The third kappa shape index (κ3) is 6.59. The summed E-state index contributed by atoms with van der Waals surface area (Å²) >= 11 is 0. The van der Waals surface area contributed by atoms with Crippen LogP contribution in [0.5, 0.6) is 0 Å². The highest BCUT2D eigenvalue weighted by Crippen LogP contribution is 2.18. The largest absolute Gasteiger partial charge is 0.393 e. The maximum absolute atomic E-state index is 12.0. The molecule has 2 rings (SSSR count). The minimum Gasteiger partial charge on any atom is -0.393 e. The molecule has 0 heterocycles. The van der Waals surface area contributed by atoms with Gasteiger partial charge in [-0.25, -0.2) is 4.79 Å². The Morgan fingerprint density at radius 2 is 1.91 bits per heavy atom. The molecule has 5 nitrogen and oxygen atoms in total. The summed E-state index contributed by atoms with van der Waals surface area (Å²) in [6.45, 7) is 3.69. The van der Waals surface area contributed by atoms with Crippen molar-refractivity contribution in [2.75, 3.05) is 13.6 Å². The van der Waals surface area contributed by atoms with Crippen LogP contribution in [0.4, 0.5) is 4.79 Å². The molecule has 1 unspecified atom stereocenters. The zero-order valence-electron chi connectivity index (χ0n) is 14.2. The Balaban J connectivity index is 1.67. The molecule has 128 valence electrons. The molecule has 1 aliphatic carbocycles. The van der Waals surface area contributed by atoms with Crippen molar-refractivity contribution in [1.82, 2.24) is 15.5 Å². The maximum Gasteiger partial charge on any atom is 0.315 e. The molecule has 2 amide bonds. The predicted molar refractivity (Wildman–Crippen MR) is 92.2 cm³/mol. The number of nitrogens with zero attached hydrogens (tertiary/aromatic N) is 1. The molecule has 1 aromatic rings. The van der Waals surface area contributed by atoms with Crippen LogP contribution in [0.25, 0.3) is 0 Å². The zero-order chi connectivity index (χ0) is 16.7. The van der Waals surface area contributed by atoms with E-state index in [0.717, 1.165) is 38.8 Å². The molecule has 0 radical (unpaired) electrons. The number of aliphatic hydroxyl groups is 1. The van der Waals surface area contributed by atoms with Crippen molar-refractivity contribution >= 4 is 6.03 Å². The van der Waals surface area contributed by atoms with Crippen LogP contribution in [0, 0.1) is 0 Å². The summed E-state index contributed by atoms with van der Waals surface area (Å²) < 4.78 is 0. The summed E-state index contributed by atoms with van der Waals surface area (Å²) in [6, 6.07) is 10.5. The number of nitrogens with one attached hydrogen (secondary N) is 2. The number of hydrogen-bond donors (Lipinski definition) is 3. The van der Waals surface area contributed by atoms with Gasteiger partial charge in [0.25, 0.3) is 0 Å². The topological polar surface area (TPSA) is 64.6 Å². The normalized spacial score (nSPS) is 22.6. The highest BCUT2D eigenvalue weighted by atomic mass is 16.3. The van der Waals surface area contributed by atoms with Gasteiger partial charge in [0.15, 0.2) is 0 Å². The first kappa shape index (κ1) is 17.8. The van der Waals surface area contributed by atoms with E-state index in [1.807, 2.05) is 25.1 Å². The van der Waals surface area contributed by atoms with Crippen LogP contribution in [0.3, 0.4) is 0 Å². The Kier molecular flexibility index (Phi) is 6.86. The number of benzene rings is 1. The van der Waals surface area contributed by atoms with Gasteiger partial charge in [0.1, 0.15) is 0 Å². The first-order valence-electron chi connectivity index (χ1n) is 8.50. The number of likely N-dealkylation sites (N-methyl/N-ethyl adjacent to an activating group) is 1. The molecular formula is C18H29N3O2. The van der Waals surface area contributed by atoms with E-state index >= 15 is 0 Å². The quantitative estimate of drug-likeness (QED) is 0.752. The average molecular weight is 319 g/mol. The van der Waals surface area contributed by atoms with E-state index in [2.05, 4.69) is 34.7 Å². The monoisotopic (exact) mass is 319 g/mol. The number of urea groups is 1. The molecule has 0 spiro atoms. The first-order valence-corrected chi connectivity index (χ1v) is 8.50. The lowest BCUT2D eigenvalue weighted by Gasteiger charge is -2.27. The third-order valence-corrected chi connectivity index (χ3v) is 4.29. The fourth-order valence-corrected chi connectivity index (χ4v) is 3.14. The number of rotatable bonds is 6. The standard InChI is InChI=1S/C18H29N3O2/c1-14(12-21(2)13-15-6-4-3-5-7-15)19-18(23)20-16-8-10-17(22)11-9-16/h3-7,14,16-17,22H,8-13H2,1-2H3,(H2,19,20,23). The summed E-state index contributed by atoms with van der Waals surface area (Å²) in [7, 11) is 2.06. The Bertz CT molecular complexity index is 472. The van der Waals surface area contributed by atoms with Gasteiger partial charge < -0.3 is 20.6 Å². The van der Waals surface area contributed by atoms with Crippen LogP contribution in [0.15, 0.2) is 30.3 Å². The lowest BCUT2D eigenvalue weighted by atomic mass is 9.93. The molecule has 1 fully saturated rings. The van der Waals surface area contributed by atoms with Crippen LogP contribution in [-0.2, 0) is 6.54 Å². The van der Waals surface area contributed by atoms with Crippen molar-refractivity contribution in [1.29, 1.82) is 0 Å². The zero-order valence-corrected chi connectivity index (χ0v) is 14.2. The minimum atomic E-state index is -0.193. The van der Waals surface area contributed by atoms with E-state index in [4.69, 9.17) is 0 Å². The Hall–Kier alpha value is -1.59. The predicted octanol–water partition coefficient (Wildman–Crippen LogP) is 2.11. The van der Waals surface area contributed by atoms with Crippen LogP contribution in [0.2, 0.25) is 0 Å². The van der Waals surface area contributed by atoms with E-state index in [-0.39, 0.29) is 24.2 Å². The molecule has 0 aliphatic heterocycles. The van der Waals surface area contributed by atoms with Crippen molar-refractivity contribution in [3.8, 4) is 0 Å². The van der Waals surface area contributed by atoms with Gasteiger partial charge in [0, 0.05) is 25.2 Å². The molecule has 0 aromatic heterocycles. The van der Waals surface area contributed by atoms with Gasteiger partial charge in [-0.1, -0.05) is 30.3 Å². The third-order valence-electron chi connectivity index (χ3n) is 4.29. The number of hydrogen-bond acceptors (Lipinski definition) is 3. The lowest BCUT2D eigenvalue weighted by Crippen LogP contribution is -2.49. The van der Waals surface area contributed by atoms with Crippen molar-refractivity contribution in [2.24, 2.45) is 0 Å². The fraction of sp³-hybridized carbons (Fsp3) is 0.611. The number of carbonyl (C=O) groups excluding carboxylic acids is 1. The molecule has 0 bridgehead atoms. The number of aliphatic hydroxyl groups excluding tert-OH is 1. The fourth-order valence-electron chi connectivity index (χ4n) is 3.14. The van der Waals surface area contributed by atoms with Gasteiger partial charge >= 0.3 is 6.03 Å². The SMILES string of the molecule is CC(CN(C)Cc1ccccc1)NC(=O)NC1CCC(O)CC1. The van der Waals surface area contributed by atoms with Gasteiger partial charge in [0.05, 0.1) is 6.10 Å². The molecule has 1 aliphatic rings. The van der Waals surface area contributed by atoms with Crippen molar-refractivity contribution in [2.45, 2.75) is 57.3 Å². The second-order valence-electron chi connectivity index (χ2n) is 6.71. The smallest absolute Gasteiger partial charge is 0.315 e. The summed E-state index contributed by atoms with van der Waals surface area (Å²) in [5, 5.41) is 15.5. The van der Waals surface area contributed by atoms with Crippen LogP contribution >= 0.6 is 0 Å². The van der Waals surface area contributed by atoms with Gasteiger partial charge in [-0.2, -0.15) is 0 Å².